The molecule has 0 bridgehead atoms. The maximum Gasteiger partial charge on any atom is 0.399 e. The van der Waals surface area contributed by atoms with Crippen molar-refractivity contribution in [2.75, 3.05) is 13.2 Å². The molecule has 1 N–H and O–H groups in total. The first-order valence-corrected chi connectivity index (χ1v) is 9.93. The summed E-state index contributed by atoms with van der Waals surface area (Å²) in [7, 11) is 0. The van der Waals surface area contributed by atoms with Crippen molar-refractivity contribution in [3.63, 3.8) is 0 Å². The van der Waals surface area contributed by atoms with E-state index in [9.17, 15) is 17.6 Å². The quantitative estimate of drug-likeness (QED) is 0.651. The highest BCUT2D eigenvalue weighted by molar-refractivity contribution is 5.65. The van der Waals surface area contributed by atoms with E-state index in [0.29, 0.717) is 37.3 Å². The third kappa shape index (κ3) is 3.82. The van der Waals surface area contributed by atoms with Crippen LogP contribution >= 0.6 is 0 Å². The van der Waals surface area contributed by atoms with Crippen molar-refractivity contribution in [1.29, 1.82) is 0 Å². The van der Waals surface area contributed by atoms with E-state index in [4.69, 9.17) is 9.47 Å². The smallest absolute Gasteiger partial charge is 0.357 e. The van der Waals surface area contributed by atoms with Crippen molar-refractivity contribution in [2.45, 2.75) is 56.9 Å². The van der Waals surface area contributed by atoms with E-state index in [1.165, 1.54) is 12.1 Å². The molecule has 7 heteroatoms. The van der Waals surface area contributed by atoms with Crippen LogP contribution in [0.1, 0.15) is 44.4 Å². The first-order valence-electron chi connectivity index (χ1n) is 9.93. The minimum absolute atomic E-state index is 0.0362. The number of halogens is 4. The number of aromatic nitrogens is 1. The van der Waals surface area contributed by atoms with E-state index in [1.807, 2.05) is 13.8 Å². The molecule has 158 valence electrons. The Balaban J connectivity index is 1.69. The molecular weight excluding hydrogens is 386 g/mol. The van der Waals surface area contributed by atoms with Crippen LogP contribution in [0.4, 0.5) is 17.6 Å². The van der Waals surface area contributed by atoms with Crippen LogP contribution in [0, 0.1) is 11.7 Å². The second kappa shape index (κ2) is 7.13. The standard InChI is InChI=1S/C22H25F4NO2/c1-20(2)28-12-14(13-29-20)10-16-11-18(21(8-3-9-21)22(24,25)26)27-19(16)15-4-6-17(23)7-5-15/h4-7,11,14,27H,3,8-10,12-13H2,1-2H3. The molecule has 29 heavy (non-hydrogen) atoms. The molecule has 1 aromatic carbocycles. The number of hydrogen-bond acceptors (Lipinski definition) is 2. The molecule has 0 atom stereocenters. The van der Waals surface area contributed by atoms with Crippen molar-refractivity contribution in [1.82, 2.24) is 4.98 Å². The predicted octanol–water partition coefficient (Wildman–Crippen LogP) is 5.75. The third-order valence-electron chi connectivity index (χ3n) is 6.14. The number of nitrogens with one attached hydrogen (secondary N) is 1. The first kappa shape index (κ1) is 20.4. The van der Waals surface area contributed by atoms with Gasteiger partial charge in [0.05, 0.1) is 13.2 Å². The monoisotopic (exact) mass is 411 g/mol. The number of ether oxygens (including phenoxy) is 2. The van der Waals surface area contributed by atoms with Crippen LogP contribution in [0.2, 0.25) is 0 Å². The number of rotatable bonds is 4. The van der Waals surface area contributed by atoms with Crippen LogP contribution in [-0.4, -0.2) is 30.2 Å². The first-order chi connectivity index (χ1) is 13.6. The lowest BCUT2D eigenvalue weighted by Crippen LogP contribution is -2.48. The summed E-state index contributed by atoms with van der Waals surface area (Å²) in [5.41, 5.74) is 0.437. The highest BCUT2D eigenvalue weighted by atomic mass is 19.4. The van der Waals surface area contributed by atoms with Crippen molar-refractivity contribution < 1.29 is 27.0 Å². The average molecular weight is 411 g/mol. The number of aromatic amines is 1. The Hall–Kier alpha value is -1.86. The molecular formula is C22H25F4NO2. The maximum atomic E-state index is 13.9. The fourth-order valence-electron chi connectivity index (χ4n) is 4.18. The summed E-state index contributed by atoms with van der Waals surface area (Å²) in [6.07, 6.45) is -3.06. The number of hydrogen-bond donors (Lipinski definition) is 1. The summed E-state index contributed by atoms with van der Waals surface area (Å²) in [6, 6.07) is 7.46. The summed E-state index contributed by atoms with van der Waals surface area (Å²) < 4.78 is 66.4. The van der Waals surface area contributed by atoms with Crippen LogP contribution in [-0.2, 0) is 21.3 Å². The van der Waals surface area contributed by atoms with Gasteiger partial charge in [-0.2, -0.15) is 13.2 Å². The van der Waals surface area contributed by atoms with Crippen molar-refractivity contribution in [2.24, 2.45) is 5.92 Å². The van der Waals surface area contributed by atoms with Gasteiger partial charge in [0.15, 0.2) is 5.79 Å². The molecule has 1 saturated carbocycles. The maximum absolute atomic E-state index is 13.9. The third-order valence-corrected chi connectivity index (χ3v) is 6.14. The van der Waals surface area contributed by atoms with Gasteiger partial charge < -0.3 is 14.5 Å². The Bertz CT molecular complexity index is 856. The van der Waals surface area contributed by atoms with Gasteiger partial charge in [-0.3, -0.25) is 0 Å². The molecule has 0 unspecified atom stereocenters. The zero-order chi connectivity index (χ0) is 20.9. The van der Waals surface area contributed by atoms with Crippen molar-refractivity contribution >= 4 is 0 Å². The topological polar surface area (TPSA) is 34.2 Å². The molecule has 2 heterocycles. The summed E-state index contributed by atoms with van der Waals surface area (Å²) in [5.74, 6) is -0.996. The van der Waals surface area contributed by atoms with Gasteiger partial charge in [0.25, 0.3) is 0 Å². The Labute approximate surface area is 167 Å². The second-order valence-corrected chi connectivity index (χ2v) is 8.62. The lowest BCUT2D eigenvalue weighted by Gasteiger charge is -2.42. The van der Waals surface area contributed by atoms with Crippen molar-refractivity contribution in [3.05, 3.63) is 47.4 Å². The molecule has 1 saturated heterocycles. The number of alkyl halides is 3. The predicted molar refractivity (Wildman–Crippen MR) is 101 cm³/mol. The lowest BCUT2D eigenvalue weighted by atomic mass is 9.66. The zero-order valence-electron chi connectivity index (χ0n) is 16.5. The van der Waals surface area contributed by atoms with E-state index in [2.05, 4.69) is 4.98 Å². The normalized spacial score (nSPS) is 21.7. The van der Waals surface area contributed by atoms with Crippen molar-refractivity contribution in [3.8, 4) is 11.3 Å². The molecule has 0 amide bonds. The fraction of sp³-hybridized carbons (Fsp3) is 0.545. The average Bonchev–Trinajstić information content (AvgIpc) is 2.99. The van der Waals surface area contributed by atoms with Gasteiger partial charge in [0.1, 0.15) is 11.2 Å². The summed E-state index contributed by atoms with van der Waals surface area (Å²) in [4.78, 5) is 3.05. The van der Waals surface area contributed by atoms with Gasteiger partial charge in [0, 0.05) is 17.3 Å². The molecule has 2 aromatic rings. The van der Waals surface area contributed by atoms with Crippen LogP contribution in [0.3, 0.4) is 0 Å². The Kier molecular flexibility index (Phi) is 5.02. The van der Waals surface area contributed by atoms with Crippen LogP contribution in [0.15, 0.2) is 30.3 Å². The summed E-state index contributed by atoms with van der Waals surface area (Å²) in [6.45, 7) is 4.62. The molecule has 4 rings (SSSR count). The van der Waals surface area contributed by atoms with E-state index >= 15 is 0 Å². The molecule has 1 aliphatic heterocycles. The van der Waals surface area contributed by atoms with Gasteiger partial charge in [-0.1, -0.05) is 6.42 Å². The van der Waals surface area contributed by atoms with Gasteiger partial charge in [-0.15, -0.1) is 0 Å². The SMILES string of the molecule is CC1(C)OCC(Cc2cc(C3(C(F)(F)F)CCC3)[nH]c2-c2ccc(F)cc2)CO1. The largest absolute Gasteiger partial charge is 0.399 e. The minimum atomic E-state index is -4.31. The van der Waals surface area contributed by atoms with E-state index < -0.39 is 17.4 Å². The summed E-state index contributed by atoms with van der Waals surface area (Å²) in [5, 5.41) is 0. The molecule has 2 aliphatic rings. The van der Waals surface area contributed by atoms with Gasteiger partial charge in [0.2, 0.25) is 0 Å². The number of H-pyrrole nitrogens is 1. The molecule has 0 spiro atoms. The lowest BCUT2D eigenvalue weighted by molar-refractivity contribution is -0.261. The second-order valence-electron chi connectivity index (χ2n) is 8.62. The zero-order valence-corrected chi connectivity index (χ0v) is 16.5. The van der Waals surface area contributed by atoms with Gasteiger partial charge in [-0.25, -0.2) is 4.39 Å². The molecule has 3 nitrogen and oxygen atoms in total. The van der Waals surface area contributed by atoms with Crippen LogP contribution in [0.25, 0.3) is 11.3 Å². The molecule has 1 aromatic heterocycles. The van der Waals surface area contributed by atoms with E-state index in [1.54, 1.807) is 18.2 Å². The Morgan fingerprint density at radius 1 is 1.07 bits per heavy atom. The minimum Gasteiger partial charge on any atom is -0.357 e. The Morgan fingerprint density at radius 3 is 2.21 bits per heavy atom. The van der Waals surface area contributed by atoms with Gasteiger partial charge in [-0.05, 0) is 74.6 Å². The summed E-state index contributed by atoms with van der Waals surface area (Å²) >= 11 is 0. The Morgan fingerprint density at radius 2 is 1.69 bits per heavy atom. The van der Waals surface area contributed by atoms with E-state index in [-0.39, 0.29) is 30.3 Å². The van der Waals surface area contributed by atoms with E-state index in [0.717, 1.165) is 5.56 Å². The highest BCUT2D eigenvalue weighted by Gasteiger charge is 2.60. The van der Waals surface area contributed by atoms with Crippen LogP contribution < -0.4 is 0 Å². The molecule has 2 fully saturated rings. The van der Waals surface area contributed by atoms with Gasteiger partial charge >= 0.3 is 6.18 Å². The fourth-order valence-corrected chi connectivity index (χ4v) is 4.18. The molecule has 0 radical (unpaired) electrons. The van der Waals surface area contributed by atoms with Crippen LogP contribution in [0.5, 0.6) is 0 Å². The molecule has 1 aliphatic carbocycles. The number of benzene rings is 1. The highest BCUT2D eigenvalue weighted by Crippen LogP contribution is 2.55.